The van der Waals surface area contributed by atoms with Crippen LogP contribution >= 0.6 is 0 Å². The highest BCUT2D eigenvalue weighted by atomic mass is 16.5. The van der Waals surface area contributed by atoms with Crippen LogP contribution in [0, 0.1) is 20.8 Å². The summed E-state index contributed by atoms with van der Waals surface area (Å²) in [7, 11) is 0. The lowest BCUT2D eigenvalue weighted by Gasteiger charge is -2.22. The summed E-state index contributed by atoms with van der Waals surface area (Å²) in [5.41, 5.74) is 4.20. The Balaban J connectivity index is 1.45. The fourth-order valence-corrected chi connectivity index (χ4v) is 4.73. The van der Waals surface area contributed by atoms with Gasteiger partial charge in [-0.2, -0.15) is 0 Å². The number of rotatable bonds is 5. The average molecular weight is 493 g/mol. The standard InChI is InChI=1S/C30H24N2O5/c1-17-13-23-24(14-18(17)2)36-29-26(28(23)33)27(32(30(29)34)25-15-19(3)37-31-25)21-9-11-22(12-10-21)35-16-20-7-5-4-6-8-20/h4-15,27H,16H2,1-3H3. The smallest absolute Gasteiger partial charge is 0.296 e. The number of nitrogens with zero attached hydrogens (tertiary/aromatic N) is 2. The van der Waals surface area contributed by atoms with Crippen molar-refractivity contribution in [2.24, 2.45) is 0 Å². The summed E-state index contributed by atoms with van der Waals surface area (Å²) in [6.45, 7) is 6.08. The lowest BCUT2D eigenvalue weighted by molar-refractivity contribution is 0.0969. The SMILES string of the molecule is Cc1cc(N2C(=O)c3oc4cc(C)c(C)cc4c(=O)c3C2c2ccc(OCc3ccccc3)cc2)no1. The molecule has 1 atom stereocenters. The van der Waals surface area contributed by atoms with Gasteiger partial charge in [-0.15, -0.1) is 0 Å². The third-order valence-corrected chi connectivity index (χ3v) is 6.79. The molecule has 0 radical (unpaired) electrons. The molecule has 1 aliphatic rings. The largest absolute Gasteiger partial charge is 0.489 e. The predicted octanol–water partition coefficient (Wildman–Crippen LogP) is 6.04. The molecule has 7 nitrogen and oxygen atoms in total. The lowest BCUT2D eigenvalue weighted by atomic mass is 9.97. The van der Waals surface area contributed by atoms with Crippen LogP contribution < -0.4 is 15.1 Å². The molecular formula is C30H24N2O5. The van der Waals surface area contributed by atoms with Crippen molar-refractivity contribution in [1.29, 1.82) is 0 Å². The number of aromatic nitrogens is 1. The number of hydrogen-bond acceptors (Lipinski definition) is 6. The van der Waals surface area contributed by atoms with Gasteiger partial charge in [0, 0.05) is 6.07 Å². The van der Waals surface area contributed by atoms with Crippen LogP contribution in [0.1, 0.15) is 50.2 Å². The van der Waals surface area contributed by atoms with Gasteiger partial charge < -0.3 is 13.7 Å². The zero-order valence-electron chi connectivity index (χ0n) is 20.6. The van der Waals surface area contributed by atoms with E-state index in [1.165, 1.54) is 4.90 Å². The fraction of sp³-hybridized carbons (Fsp3) is 0.167. The van der Waals surface area contributed by atoms with E-state index in [0.717, 1.165) is 22.3 Å². The minimum Gasteiger partial charge on any atom is -0.489 e. The van der Waals surface area contributed by atoms with Gasteiger partial charge in [0.15, 0.2) is 11.2 Å². The average Bonchev–Trinajstić information content (AvgIpc) is 3.46. The van der Waals surface area contributed by atoms with Crippen LogP contribution in [-0.2, 0) is 6.61 Å². The molecule has 0 saturated heterocycles. The number of carbonyl (C=O) groups excluding carboxylic acids is 1. The minimum absolute atomic E-state index is 0.0239. The molecule has 0 bridgehead atoms. The van der Waals surface area contributed by atoms with Gasteiger partial charge in [-0.1, -0.05) is 47.6 Å². The van der Waals surface area contributed by atoms with E-state index >= 15 is 0 Å². The molecule has 6 rings (SSSR count). The Hall–Kier alpha value is -4.65. The second-order valence-corrected chi connectivity index (χ2v) is 9.32. The maximum Gasteiger partial charge on any atom is 0.296 e. The molecule has 3 heterocycles. The normalized spacial score (nSPS) is 14.8. The maximum absolute atomic E-state index is 13.8. The van der Waals surface area contributed by atoms with Gasteiger partial charge in [0.05, 0.1) is 17.0 Å². The van der Waals surface area contributed by atoms with Crippen LogP contribution in [0.15, 0.2) is 86.5 Å². The lowest BCUT2D eigenvalue weighted by Crippen LogP contribution is -2.29. The van der Waals surface area contributed by atoms with Crippen molar-refractivity contribution in [3.63, 3.8) is 0 Å². The molecule has 7 heteroatoms. The summed E-state index contributed by atoms with van der Waals surface area (Å²) in [6, 6.07) is 21.9. The first-order chi connectivity index (χ1) is 17.9. The topological polar surface area (TPSA) is 85.8 Å². The van der Waals surface area contributed by atoms with Crippen molar-refractivity contribution in [3.8, 4) is 5.75 Å². The highest BCUT2D eigenvalue weighted by molar-refractivity contribution is 6.10. The van der Waals surface area contributed by atoms with E-state index in [-0.39, 0.29) is 11.2 Å². The van der Waals surface area contributed by atoms with Gasteiger partial charge >= 0.3 is 0 Å². The van der Waals surface area contributed by atoms with Crippen LogP contribution in [0.3, 0.4) is 0 Å². The van der Waals surface area contributed by atoms with Gasteiger partial charge in [0.2, 0.25) is 5.76 Å². The zero-order chi connectivity index (χ0) is 25.7. The molecule has 0 saturated carbocycles. The van der Waals surface area contributed by atoms with Crippen LogP contribution in [-0.4, -0.2) is 11.1 Å². The van der Waals surface area contributed by atoms with Crippen molar-refractivity contribution in [1.82, 2.24) is 5.16 Å². The van der Waals surface area contributed by atoms with E-state index in [2.05, 4.69) is 5.16 Å². The van der Waals surface area contributed by atoms with Crippen molar-refractivity contribution >= 4 is 22.7 Å². The third kappa shape index (κ3) is 3.89. The Labute approximate surface area is 212 Å². The molecule has 1 aliphatic heterocycles. The van der Waals surface area contributed by atoms with Gasteiger partial charge in [0.1, 0.15) is 23.7 Å². The van der Waals surface area contributed by atoms with Gasteiger partial charge in [0.25, 0.3) is 5.91 Å². The number of benzene rings is 3. The number of carbonyl (C=O) groups is 1. The van der Waals surface area contributed by atoms with E-state index in [1.807, 2.05) is 74.5 Å². The van der Waals surface area contributed by atoms with E-state index in [9.17, 15) is 9.59 Å². The first-order valence-corrected chi connectivity index (χ1v) is 12.0. The Bertz CT molecular complexity index is 1700. The van der Waals surface area contributed by atoms with E-state index in [1.54, 1.807) is 19.1 Å². The molecule has 0 aliphatic carbocycles. The Morgan fingerprint density at radius 3 is 2.35 bits per heavy atom. The first-order valence-electron chi connectivity index (χ1n) is 12.0. The molecular weight excluding hydrogens is 468 g/mol. The van der Waals surface area contributed by atoms with Crippen LogP contribution in [0.2, 0.25) is 0 Å². The monoisotopic (exact) mass is 492 g/mol. The summed E-state index contributed by atoms with van der Waals surface area (Å²) in [4.78, 5) is 28.9. The number of ether oxygens (including phenoxy) is 1. The molecule has 1 amide bonds. The van der Waals surface area contributed by atoms with Crippen molar-refractivity contribution in [2.75, 3.05) is 4.90 Å². The Morgan fingerprint density at radius 2 is 1.65 bits per heavy atom. The Morgan fingerprint density at radius 1 is 0.919 bits per heavy atom. The fourth-order valence-electron chi connectivity index (χ4n) is 4.73. The molecule has 37 heavy (non-hydrogen) atoms. The quantitative estimate of drug-likeness (QED) is 0.298. The van der Waals surface area contributed by atoms with Gasteiger partial charge in [-0.25, -0.2) is 0 Å². The molecule has 0 fully saturated rings. The number of hydrogen-bond donors (Lipinski definition) is 0. The summed E-state index contributed by atoms with van der Waals surface area (Å²) < 4.78 is 17.3. The molecule has 184 valence electrons. The number of anilines is 1. The van der Waals surface area contributed by atoms with E-state index < -0.39 is 11.9 Å². The minimum atomic E-state index is -0.725. The van der Waals surface area contributed by atoms with Gasteiger partial charge in [-0.3, -0.25) is 14.5 Å². The predicted molar refractivity (Wildman–Crippen MR) is 139 cm³/mol. The molecule has 0 N–H and O–H groups in total. The van der Waals surface area contributed by atoms with Crippen molar-refractivity contribution in [2.45, 2.75) is 33.4 Å². The molecule has 5 aromatic rings. The van der Waals surface area contributed by atoms with E-state index in [4.69, 9.17) is 13.7 Å². The first kappa shape index (κ1) is 22.8. The molecule has 2 aromatic heterocycles. The zero-order valence-corrected chi connectivity index (χ0v) is 20.6. The highest BCUT2D eigenvalue weighted by Crippen LogP contribution is 2.41. The second kappa shape index (κ2) is 8.78. The summed E-state index contributed by atoms with van der Waals surface area (Å²) in [5, 5.41) is 4.52. The van der Waals surface area contributed by atoms with Crippen molar-refractivity contribution < 1.29 is 18.5 Å². The molecule has 0 spiro atoms. The number of amides is 1. The maximum atomic E-state index is 13.8. The van der Waals surface area contributed by atoms with Crippen LogP contribution in [0.4, 0.5) is 5.82 Å². The number of fused-ring (bicyclic) bond motifs is 2. The van der Waals surface area contributed by atoms with Crippen molar-refractivity contribution in [3.05, 3.63) is 122 Å². The highest BCUT2D eigenvalue weighted by Gasteiger charge is 2.45. The van der Waals surface area contributed by atoms with Crippen LogP contribution in [0.25, 0.3) is 11.0 Å². The third-order valence-electron chi connectivity index (χ3n) is 6.79. The summed E-state index contributed by atoms with van der Waals surface area (Å²) in [6.07, 6.45) is 0. The molecule has 1 unspecified atom stereocenters. The summed E-state index contributed by atoms with van der Waals surface area (Å²) >= 11 is 0. The summed E-state index contributed by atoms with van der Waals surface area (Å²) in [5.74, 6) is 1.14. The Kier molecular flexibility index (Phi) is 5.41. The number of aryl methyl sites for hydroxylation is 3. The second-order valence-electron chi connectivity index (χ2n) is 9.32. The molecule has 3 aromatic carbocycles. The van der Waals surface area contributed by atoms with Crippen LogP contribution in [0.5, 0.6) is 5.75 Å². The van der Waals surface area contributed by atoms with Gasteiger partial charge in [-0.05, 0) is 67.3 Å². The van der Waals surface area contributed by atoms with E-state index in [0.29, 0.717) is 40.5 Å².